The summed E-state index contributed by atoms with van der Waals surface area (Å²) in [4.78, 5) is 0. The molecule has 1 aliphatic rings. The molecule has 106 valence electrons. The molecule has 8 rings (SSSR count). The van der Waals surface area contributed by atoms with Crippen LogP contribution < -0.4 is 8.92 Å². The van der Waals surface area contributed by atoms with Crippen molar-refractivity contribution in [3.8, 4) is 0 Å². The molecule has 0 saturated carbocycles. The molecular formula is C18H3ClSe4. The summed E-state index contributed by atoms with van der Waals surface area (Å²) in [6.45, 7) is 0. The maximum absolute atomic E-state index is 6.44. The van der Waals surface area contributed by atoms with Crippen LogP contribution in [0.4, 0.5) is 0 Å². The first-order chi connectivity index (χ1) is 11.3. The van der Waals surface area contributed by atoms with Gasteiger partial charge in [-0.05, 0) is 0 Å². The first kappa shape index (κ1) is 12.4. The van der Waals surface area contributed by atoms with Crippen LogP contribution in [0.3, 0.4) is 0 Å². The Morgan fingerprint density at radius 2 is 1.30 bits per heavy atom. The second kappa shape index (κ2) is 3.60. The predicted octanol–water partition coefficient (Wildman–Crippen LogP) is 2.71. The van der Waals surface area contributed by atoms with Crippen LogP contribution in [-0.2, 0) is 0 Å². The van der Waals surface area contributed by atoms with E-state index in [-0.39, 0.29) is 0 Å². The molecule has 3 aromatic heterocycles. The number of halogens is 1. The van der Waals surface area contributed by atoms with Gasteiger partial charge in [-0.1, -0.05) is 0 Å². The Kier molecular flexibility index (Phi) is 1.94. The van der Waals surface area contributed by atoms with Crippen LogP contribution in [0.25, 0.3) is 57.9 Å². The normalized spacial score (nSPS) is 15.0. The molecule has 0 unspecified atom stereocenters. The van der Waals surface area contributed by atoms with E-state index >= 15 is 0 Å². The van der Waals surface area contributed by atoms with E-state index in [9.17, 15) is 0 Å². The molecule has 0 spiro atoms. The molecule has 0 N–H and O–H groups in total. The second-order valence-corrected chi connectivity index (χ2v) is 15.2. The topological polar surface area (TPSA) is 0 Å². The van der Waals surface area contributed by atoms with Gasteiger partial charge in [0.1, 0.15) is 0 Å². The molecule has 7 aromatic rings. The Labute approximate surface area is 158 Å². The van der Waals surface area contributed by atoms with Crippen molar-refractivity contribution in [2.75, 3.05) is 0 Å². The fraction of sp³-hybridized carbons (Fsp3) is 0. The monoisotopic (exact) mass is 574 g/mol. The molecular weight excluding hydrogens is 567 g/mol. The van der Waals surface area contributed by atoms with Crippen molar-refractivity contribution in [1.82, 2.24) is 0 Å². The molecule has 23 heavy (non-hydrogen) atoms. The van der Waals surface area contributed by atoms with Gasteiger partial charge in [-0.25, -0.2) is 0 Å². The summed E-state index contributed by atoms with van der Waals surface area (Å²) < 4.78 is 13.6. The summed E-state index contributed by atoms with van der Waals surface area (Å²) in [5.74, 6) is 0. The maximum atomic E-state index is 6.44. The summed E-state index contributed by atoms with van der Waals surface area (Å²) >= 11 is 8.97. The average molecular weight is 571 g/mol. The van der Waals surface area contributed by atoms with Crippen molar-refractivity contribution in [3.63, 3.8) is 0 Å². The minimum absolute atomic E-state index is 0.550. The van der Waals surface area contributed by atoms with E-state index in [1.54, 1.807) is 51.8 Å². The standard InChI is InChI=1S/C18H3ClSe4/c19-7-3-5-1-4-2-6-10(16-18(23-16)17-11(6)20-17)14-8(4)13(22-14)9(5)15-12(7)21-15/h1-3H. The molecule has 0 saturated heterocycles. The molecule has 0 aliphatic carbocycles. The zero-order chi connectivity index (χ0) is 14.6. The number of hydrogen-bond donors (Lipinski definition) is 0. The first-order valence-electron chi connectivity index (χ1n) is 7.30. The minimum atomic E-state index is 0.550. The van der Waals surface area contributed by atoms with Crippen molar-refractivity contribution in [3.05, 3.63) is 23.2 Å². The third kappa shape index (κ3) is 1.31. The number of hydrogen-bond acceptors (Lipinski definition) is 0. The molecule has 0 atom stereocenters. The SMILES string of the molecule is Clc1cc2cc3cc4c5[se]c5c5[se]c5c4c4c3c(c2c2[se]c12)[Se]4. The molecule has 5 heteroatoms. The first-order valence-corrected chi connectivity index (χ1v) is 14.5. The van der Waals surface area contributed by atoms with Gasteiger partial charge in [-0.3, -0.25) is 0 Å². The molecule has 1 aliphatic heterocycles. The number of fused-ring (bicyclic) bond motifs is 11. The Morgan fingerprint density at radius 1 is 0.609 bits per heavy atom. The van der Waals surface area contributed by atoms with Crippen molar-refractivity contribution < 1.29 is 0 Å². The van der Waals surface area contributed by atoms with Gasteiger partial charge < -0.3 is 0 Å². The van der Waals surface area contributed by atoms with E-state index in [0.717, 1.165) is 19.5 Å². The van der Waals surface area contributed by atoms with Gasteiger partial charge in [-0.2, -0.15) is 0 Å². The second-order valence-electron chi connectivity index (χ2n) is 6.27. The Balaban J connectivity index is 1.70. The molecule has 0 nitrogen and oxygen atoms in total. The van der Waals surface area contributed by atoms with E-state index in [0.29, 0.717) is 44.0 Å². The van der Waals surface area contributed by atoms with Crippen LogP contribution in [0.5, 0.6) is 0 Å². The van der Waals surface area contributed by atoms with Crippen molar-refractivity contribution in [1.29, 1.82) is 0 Å². The molecule has 0 radical (unpaired) electrons. The van der Waals surface area contributed by atoms with Gasteiger partial charge in [-0.15, -0.1) is 0 Å². The summed E-state index contributed by atoms with van der Waals surface area (Å²) in [7, 11) is 0. The third-order valence-corrected chi connectivity index (χ3v) is 15.3. The van der Waals surface area contributed by atoms with E-state index in [1.807, 2.05) is 0 Å². The Bertz CT molecular complexity index is 1590. The van der Waals surface area contributed by atoms with Crippen molar-refractivity contribution >= 4 is 137 Å². The van der Waals surface area contributed by atoms with Gasteiger partial charge in [0.05, 0.1) is 0 Å². The molecule has 0 bridgehead atoms. The summed E-state index contributed by atoms with van der Waals surface area (Å²) in [6, 6.07) is 7.16. The zero-order valence-corrected chi connectivity index (χ0v) is 18.9. The van der Waals surface area contributed by atoms with Crippen molar-refractivity contribution in [2.24, 2.45) is 0 Å². The summed E-state index contributed by atoms with van der Waals surface area (Å²) in [5, 5.41) is 10.4. The molecule has 0 amide bonds. The van der Waals surface area contributed by atoms with E-state index in [4.69, 9.17) is 11.6 Å². The van der Waals surface area contributed by atoms with Crippen LogP contribution >= 0.6 is 11.6 Å². The van der Waals surface area contributed by atoms with Gasteiger partial charge in [0.2, 0.25) is 0 Å². The van der Waals surface area contributed by atoms with Gasteiger partial charge >= 0.3 is 160 Å². The van der Waals surface area contributed by atoms with Crippen LogP contribution in [-0.4, -0.2) is 58.5 Å². The number of rotatable bonds is 0. The van der Waals surface area contributed by atoms with Crippen LogP contribution in [0.1, 0.15) is 0 Å². The van der Waals surface area contributed by atoms with Crippen molar-refractivity contribution in [2.45, 2.75) is 0 Å². The van der Waals surface area contributed by atoms with Gasteiger partial charge in [0.25, 0.3) is 0 Å². The zero-order valence-electron chi connectivity index (χ0n) is 11.2. The van der Waals surface area contributed by atoms with Crippen LogP contribution in [0.2, 0.25) is 5.02 Å². The summed E-state index contributed by atoms with van der Waals surface area (Å²) in [5.41, 5.74) is 0. The predicted molar refractivity (Wildman–Crippen MR) is 106 cm³/mol. The fourth-order valence-electron chi connectivity index (χ4n) is 3.93. The van der Waals surface area contributed by atoms with Crippen LogP contribution in [0.15, 0.2) is 18.2 Å². The Hall–Kier alpha value is 0.0279. The summed E-state index contributed by atoms with van der Waals surface area (Å²) in [6.07, 6.45) is 0. The molecule has 4 aromatic carbocycles. The molecule has 0 fully saturated rings. The van der Waals surface area contributed by atoms with Gasteiger partial charge in [0, 0.05) is 0 Å². The van der Waals surface area contributed by atoms with Crippen LogP contribution in [0, 0.1) is 0 Å². The van der Waals surface area contributed by atoms with E-state index in [1.165, 1.54) is 15.0 Å². The van der Waals surface area contributed by atoms with Gasteiger partial charge in [0.15, 0.2) is 0 Å². The van der Waals surface area contributed by atoms with E-state index < -0.39 is 0 Å². The molecule has 4 heterocycles. The fourth-order valence-corrected chi connectivity index (χ4v) is 14.8. The quantitative estimate of drug-likeness (QED) is 0.195. The average Bonchev–Trinajstić information content (AvgIpc) is 3.36. The third-order valence-electron chi connectivity index (χ3n) is 5.08. The Morgan fingerprint density at radius 3 is 2.26 bits per heavy atom. The van der Waals surface area contributed by atoms with E-state index in [2.05, 4.69) is 18.2 Å². The number of benzene rings is 4.